The summed E-state index contributed by atoms with van der Waals surface area (Å²) in [4.78, 5) is 14.5. The third-order valence-corrected chi connectivity index (χ3v) is 5.12. The molecular formula is C17H24N2O. The largest absolute Gasteiger partial charge is 0.313 e. The van der Waals surface area contributed by atoms with Gasteiger partial charge < -0.3 is 4.57 Å². The predicted octanol–water partition coefficient (Wildman–Crippen LogP) is 2.54. The number of hydrogen-bond acceptors (Lipinski definition) is 2. The summed E-state index contributed by atoms with van der Waals surface area (Å²) in [7, 11) is 4.35. The van der Waals surface area contributed by atoms with Crippen LogP contribution in [0.5, 0.6) is 0 Å². The van der Waals surface area contributed by atoms with Crippen molar-refractivity contribution in [2.45, 2.75) is 45.2 Å². The molecule has 20 heavy (non-hydrogen) atoms. The van der Waals surface area contributed by atoms with Gasteiger partial charge in [0, 0.05) is 18.3 Å². The molecule has 2 aliphatic carbocycles. The fraction of sp³-hybridized carbons (Fsp3) is 0.588. The number of fused-ring (bicyclic) bond motifs is 4. The SMILES string of the molecule is CCn1c2c(ccc1=O)[C@]1(N(C)C)CC(C)=C[C@H](C2)C1. The summed E-state index contributed by atoms with van der Waals surface area (Å²) in [5, 5.41) is 0. The second-order valence-electron chi connectivity index (χ2n) is 6.56. The van der Waals surface area contributed by atoms with E-state index in [0.717, 1.165) is 19.4 Å². The highest BCUT2D eigenvalue weighted by Crippen LogP contribution is 2.48. The fourth-order valence-electron chi connectivity index (χ4n) is 4.26. The first-order chi connectivity index (χ1) is 9.48. The Morgan fingerprint density at radius 2 is 2.15 bits per heavy atom. The molecule has 0 radical (unpaired) electrons. The van der Waals surface area contributed by atoms with Crippen molar-refractivity contribution in [2.75, 3.05) is 14.1 Å². The Kier molecular flexibility index (Phi) is 3.13. The second-order valence-corrected chi connectivity index (χ2v) is 6.56. The van der Waals surface area contributed by atoms with Crippen LogP contribution in [0.1, 0.15) is 37.9 Å². The summed E-state index contributed by atoms with van der Waals surface area (Å²) in [5.74, 6) is 0.568. The van der Waals surface area contributed by atoms with E-state index in [4.69, 9.17) is 0 Å². The van der Waals surface area contributed by atoms with Crippen molar-refractivity contribution in [3.63, 3.8) is 0 Å². The van der Waals surface area contributed by atoms with Crippen molar-refractivity contribution in [3.05, 3.63) is 45.4 Å². The molecule has 1 aromatic heterocycles. The van der Waals surface area contributed by atoms with E-state index in [-0.39, 0.29) is 11.1 Å². The van der Waals surface area contributed by atoms with Gasteiger partial charge in [0.15, 0.2) is 0 Å². The molecule has 0 saturated heterocycles. The van der Waals surface area contributed by atoms with Gasteiger partial charge in [-0.2, -0.15) is 0 Å². The van der Waals surface area contributed by atoms with Crippen LogP contribution >= 0.6 is 0 Å². The highest BCUT2D eigenvalue weighted by Gasteiger charge is 2.45. The van der Waals surface area contributed by atoms with Crippen molar-refractivity contribution in [3.8, 4) is 0 Å². The second kappa shape index (κ2) is 4.59. The zero-order valence-corrected chi connectivity index (χ0v) is 12.9. The van der Waals surface area contributed by atoms with E-state index in [0.29, 0.717) is 5.92 Å². The molecule has 2 bridgehead atoms. The highest BCUT2D eigenvalue weighted by molar-refractivity contribution is 5.38. The van der Waals surface area contributed by atoms with Gasteiger partial charge in [-0.3, -0.25) is 9.69 Å². The molecule has 3 rings (SSSR count). The molecule has 0 unspecified atom stereocenters. The van der Waals surface area contributed by atoms with Crippen LogP contribution in [0.15, 0.2) is 28.6 Å². The van der Waals surface area contributed by atoms with Gasteiger partial charge in [-0.15, -0.1) is 0 Å². The molecular weight excluding hydrogens is 248 g/mol. The van der Waals surface area contributed by atoms with Crippen molar-refractivity contribution in [1.82, 2.24) is 9.47 Å². The maximum atomic E-state index is 12.1. The molecule has 3 heteroatoms. The molecule has 0 amide bonds. The Balaban J connectivity index is 2.27. The van der Waals surface area contributed by atoms with Crippen LogP contribution in [-0.4, -0.2) is 23.6 Å². The summed E-state index contributed by atoms with van der Waals surface area (Å²) in [6.45, 7) is 5.07. The first kappa shape index (κ1) is 13.6. The maximum Gasteiger partial charge on any atom is 0.250 e. The lowest BCUT2D eigenvalue weighted by Gasteiger charge is -2.50. The Morgan fingerprint density at radius 3 is 2.80 bits per heavy atom. The van der Waals surface area contributed by atoms with Gasteiger partial charge in [-0.1, -0.05) is 11.6 Å². The lowest BCUT2D eigenvalue weighted by molar-refractivity contribution is 0.0985. The van der Waals surface area contributed by atoms with Crippen molar-refractivity contribution in [1.29, 1.82) is 0 Å². The molecule has 0 spiro atoms. The first-order valence-electron chi connectivity index (χ1n) is 7.56. The molecule has 0 saturated carbocycles. The van der Waals surface area contributed by atoms with E-state index in [1.165, 1.54) is 23.3 Å². The number of allylic oxidation sites excluding steroid dienone is 1. The van der Waals surface area contributed by atoms with Gasteiger partial charge in [-0.25, -0.2) is 0 Å². The van der Waals surface area contributed by atoms with Gasteiger partial charge in [0.25, 0.3) is 5.56 Å². The van der Waals surface area contributed by atoms with Crippen LogP contribution in [0.4, 0.5) is 0 Å². The Bertz CT molecular complexity index is 626. The van der Waals surface area contributed by atoms with Crippen molar-refractivity contribution in [2.24, 2.45) is 5.92 Å². The predicted molar refractivity (Wildman–Crippen MR) is 81.9 cm³/mol. The van der Waals surface area contributed by atoms with Gasteiger partial charge >= 0.3 is 0 Å². The van der Waals surface area contributed by atoms with Crippen LogP contribution in [0.25, 0.3) is 0 Å². The van der Waals surface area contributed by atoms with E-state index < -0.39 is 0 Å². The molecule has 2 aliphatic rings. The third-order valence-electron chi connectivity index (χ3n) is 5.12. The molecule has 0 fully saturated rings. The van der Waals surface area contributed by atoms with Gasteiger partial charge in [0.05, 0.1) is 5.54 Å². The Morgan fingerprint density at radius 1 is 1.40 bits per heavy atom. The zero-order chi connectivity index (χ0) is 14.5. The average Bonchev–Trinajstić information content (AvgIpc) is 2.37. The maximum absolute atomic E-state index is 12.1. The summed E-state index contributed by atoms with van der Waals surface area (Å²) in [5.41, 5.74) is 4.32. The molecule has 0 aliphatic heterocycles. The van der Waals surface area contributed by atoms with Gasteiger partial charge in [0.2, 0.25) is 0 Å². The van der Waals surface area contributed by atoms with E-state index >= 15 is 0 Å². The minimum atomic E-state index is 0.0711. The van der Waals surface area contributed by atoms with Crippen molar-refractivity contribution < 1.29 is 0 Å². The highest BCUT2D eigenvalue weighted by atomic mass is 16.1. The lowest BCUT2D eigenvalue weighted by Crippen LogP contribution is -2.49. The number of aromatic nitrogens is 1. The average molecular weight is 272 g/mol. The number of pyridine rings is 1. The van der Waals surface area contributed by atoms with Crippen molar-refractivity contribution >= 4 is 0 Å². The minimum absolute atomic E-state index is 0.0711. The number of nitrogens with zero attached hydrogens (tertiary/aromatic N) is 2. The summed E-state index contributed by atoms with van der Waals surface area (Å²) in [6, 6.07) is 3.83. The van der Waals surface area contributed by atoms with Gasteiger partial charge in [0.1, 0.15) is 0 Å². The standard InChI is InChI=1S/C17H24N2O/c1-5-19-15-9-13-8-12(2)10-17(11-13,18(3)4)14(15)6-7-16(19)20/h6-8,13H,5,9-11H2,1-4H3/t13-,17+/m1/s1. The smallest absolute Gasteiger partial charge is 0.250 e. The molecule has 3 nitrogen and oxygen atoms in total. The number of hydrogen-bond donors (Lipinski definition) is 0. The van der Waals surface area contributed by atoms with Gasteiger partial charge in [-0.05, 0) is 64.8 Å². The molecule has 108 valence electrons. The quantitative estimate of drug-likeness (QED) is 0.773. The molecule has 2 atom stereocenters. The summed E-state index contributed by atoms with van der Waals surface area (Å²) in [6.07, 6.45) is 5.67. The molecule has 1 heterocycles. The fourth-order valence-corrected chi connectivity index (χ4v) is 4.26. The molecule has 0 aromatic carbocycles. The van der Waals surface area contributed by atoms with Crippen LogP contribution in [0, 0.1) is 5.92 Å². The van der Waals surface area contributed by atoms with Crippen LogP contribution in [0.3, 0.4) is 0 Å². The third kappa shape index (κ3) is 1.80. The topological polar surface area (TPSA) is 25.2 Å². The van der Waals surface area contributed by atoms with E-state index in [2.05, 4.69) is 45.0 Å². The Hall–Kier alpha value is -1.35. The molecule has 0 N–H and O–H groups in total. The van der Waals surface area contributed by atoms with E-state index in [9.17, 15) is 4.79 Å². The monoisotopic (exact) mass is 272 g/mol. The van der Waals surface area contributed by atoms with E-state index in [1.54, 1.807) is 6.07 Å². The Labute approximate surface area is 120 Å². The van der Waals surface area contributed by atoms with Crippen LogP contribution < -0.4 is 5.56 Å². The zero-order valence-electron chi connectivity index (χ0n) is 12.9. The first-order valence-corrected chi connectivity index (χ1v) is 7.56. The lowest BCUT2D eigenvalue weighted by atomic mass is 9.66. The van der Waals surface area contributed by atoms with E-state index in [1.807, 2.05) is 4.57 Å². The summed E-state index contributed by atoms with van der Waals surface area (Å²) < 4.78 is 1.97. The molecule has 1 aromatic rings. The van der Waals surface area contributed by atoms with Crippen LogP contribution in [-0.2, 0) is 18.5 Å². The normalized spacial score (nSPS) is 28.2. The minimum Gasteiger partial charge on any atom is -0.313 e. The van der Waals surface area contributed by atoms with Crippen LogP contribution in [0.2, 0.25) is 0 Å². The number of rotatable bonds is 2. The summed E-state index contributed by atoms with van der Waals surface area (Å²) >= 11 is 0.